The van der Waals surface area contributed by atoms with Crippen LogP contribution in [0.3, 0.4) is 0 Å². The van der Waals surface area contributed by atoms with Crippen molar-refractivity contribution < 1.29 is 4.39 Å². The number of nitrogens with one attached hydrogen (secondary N) is 2. The van der Waals surface area contributed by atoms with Crippen molar-refractivity contribution in [3.05, 3.63) is 47.5 Å². The Kier molecular flexibility index (Phi) is 3.82. The fourth-order valence-electron chi connectivity index (χ4n) is 1.69. The average molecular weight is 234 g/mol. The molecule has 1 aromatic carbocycles. The zero-order valence-corrected chi connectivity index (χ0v) is 9.65. The highest BCUT2D eigenvalue weighted by Gasteiger charge is 2.15. The molecule has 0 spiro atoms. The summed E-state index contributed by atoms with van der Waals surface area (Å²) in [6.45, 7) is 2.96. The quantitative estimate of drug-likeness (QED) is 0.832. The maximum absolute atomic E-state index is 12.9. The van der Waals surface area contributed by atoms with Gasteiger partial charge in [0.05, 0.1) is 12.2 Å². The van der Waals surface area contributed by atoms with Gasteiger partial charge in [0.2, 0.25) is 0 Å². The third kappa shape index (κ3) is 2.88. The van der Waals surface area contributed by atoms with Gasteiger partial charge in [-0.15, -0.1) is 0 Å². The highest BCUT2D eigenvalue weighted by atomic mass is 19.1. The van der Waals surface area contributed by atoms with E-state index in [1.807, 2.05) is 0 Å². The molecule has 1 unspecified atom stereocenters. The second kappa shape index (κ2) is 5.54. The van der Waals surface area contributed by atoms with Crippen molar-refractivity contribution in [3.63, 3.8) is 0 Å². The lowest BCUT2D eigenvalue weighted by Gasteiger charge is -2.16. The molecule has 0 fully saturated rings. The standard InChI is InChI=1S/C12H15FN4/c1-2-7-14-12(11-8-15-17-16-11)9-3-5-10(13)6-4-9/h3-6,8,12,14H,2,7H2,1H3,(H,15,16,17). The molecule has 2 aromatic rings. The number of aromatic amines is 1. The van der Waals surface area contributed by atoms with Crippen molar-refractivity contribution in [1.29, 1.82) is 0 Å². The lowest BCUT2D eigenvalue weighted by atomic mass is 10.0. The minimum atomic E-state index is -0.233. The molecule has 2 rings (SSSR count). The van der Waals surface area contributed by atoms with E-state index < -0.39 is 0 Å². The Hall–Kier alpha value is -1.75. The molecular weight excluding hydrogens is 219 g/mol. The van der Waals surface area contributed by atoms with Crippen molar-refractivity contribution in [3.8, 4) is 0 Å². The third-order valence-electron chi connectivity index (χ3n) is 2.53. The minimum Gasteiger partial charge on any atom is -0.305 e. The monoisotopic (exact) mass is 234 g/mol. The molecule has 0 saturated heterocycles. The van der Waals surface area contributed by atoms with Crippen molar-refractivity contribution in [2.75, 3.05) is 6.54 Å². The van der Waals surface area contributed by atoms with Crippen LogP contribution in [0, 0.1) is 5.82 Å². The molecular formula is C12H15FN4. The van der Waals surface area contributed by atoms with E-state index in [4.69, 9.17) is 0 Å². The number of hydrogen-bond donors (Lipinski definition) is 2. The smallest absolute Gasteiger partial charge is 0.123 e. The summed E-state index contributed by atoms with van der Waals surface area (Å²) < 4.78 is 12.9. The molecule has 2 N–H and O–H groups in total. The SMILES string of the molecule is CCCNC(c1ccc(F)cc1)c1cn[nH]n1. The summed E-state index contributed by atoms with van der Waals surface area (Å²) in [5.41, 5.74) is 1.79. The van der Waals surface area contributed by atoms with Crippen LogP contribution in [0.15, 0.2) is 30.5 Å². The molecule has 90 valence electrons. The number of H-pyrrole nitrogens is 1. The second-order valence-corrected chi connectivity index (χ2v) is 3.83. The van der Waals surface area contributed by atoms with Crippen LogP contribution in [0.1, 0.15) is 30.6 Å². The van der Waals surface area contributed by atoms with Gasteiger partial charge in [-0.05, 0) is 30.7 Å². The van der Waals surface area contributed by atoms with Crippen LogP contribution < -0.4 is 5.32 Å². The normalized spacial score (nSPS) is 12.6. The molecule has 1 atom stereocenters. The van der Waals surface area contributed by atoms with Gasteiger partial charge in [-0.1, -0.05) is 19.1 Å². The summed E-state index contributed by atoms with van der Waals surface area (Å²) in [7, 11) is 0. The molecule has 17 heavy (non-hydrogen) atoms. The number of halogens is 1. The Bertz CT molecular complexity index is 438. The van der Waals surface area contributed by atoms with E-state index in [1.54, 1.807) is 18.3 Å². The summed E-state index contributed by atoms with van der Waals surface area (Å²) in [4.78, 5) is 0. The van der Waals surface area contributed by atoms with Crippen LogP contribution in [-0.4, -0.2) is 22.0 Å². The Morgan fingerprint density at radius 2 is 2.12 bits per heavy atom. The van der Waals surface area contributed by atoms with Crippen LogP contribution in [0.5, 0.6) is 0 Å². The molecule has 4 nitrogen and oxygen atoms in total. The average Bonchev–Trinajstić information content (AvgIpc) is 2.85. The highest BCUT2D eigenvalue weighted by Crippen LogP contribution is 2.19. The number of nitrogens with zero attached hydrogens (tertiary/aromatic N) is 2. The van der Waals surface area contributed by atoms with Gasteiger partial charge in [-0.3, -0.25) is 0 Å². The first kappa shape index (κ1) is 11.7. The molecule has 0 bridgehead atoms. The van der Waals surface area contributed by atoms with E-state index in [2.05, 4.69) is 27.7 Å². The molecule has 0 amide bonds. The lowest BCUT2D eigenvalue weighted by molar-refractivity contribution is 0.581. The molecule has 0 aliphatic heterocycles. The second-order valence-electron chi connectivity index (χ2n) is 3.83. The Morgan fingerprint density at radius 1 is 1.35 bits per heavy atom. The molecule has 1 heterocycles. The fraction of sp³-hybridized carbons (Fsp3) is 0.333. The van der Waals surface area contributed by atoms with Crippen LogP contribution in [0.25, 0.3) is 0 Å². The Morgan fingerprint density at radius 3 is 2.71 bits per heavy atom. The van der Waals surface area contributed by atoms with Gasteiger partial charge in [0.15, 0.2) is 0 Å². The zero-order chi connectivity index (χ0) is 12.1. The molecule has 0 radical (unpaired) electrons. The predicted octanol–water partition coefficient (Wildman–Crippen LogP) is 2.03. The summed E-state index contributed by atoms with van der Waals surface area (Å²) >= 11 is 0. The van der Waals surface area contributed by atoms with Gasteiger partial charge < -0.3 is 5.32 Å². The Labute approximate surface area is 99.2 Å². The summed E-state index contributed by atoms with van der Waals surface area (Å²) in [6.07, 6.45) is 2.70. The maximum atomic E-state index is 12.9. The van der Waals surface area contributed by atoms with Crippen molar-refractivity contribution >= 4 is 0 Å². The highest BCUT2D eigenvalue weighted by molar-refractivity contribution is 5.26. The van der Waals surface area contributed by atoms with Gasteiger partial charge in [-0.25, -0.2) is 4.39 Å². The number of aromatic nitrogens is 3. The van der Waals surface area contributed by atoms with E-state index in [-0.39, 0.29) is 11.9 Å². The first-order valence-electron chi connectivity index (χ1n) is 5.65. The van der Waals surface area contributed by atoms with Crippen molar-refractivity contribution in [1.82, 2.24) is 20.7 Å². The van der Waals surface area contributed by atoms with Gasteiger partial charge in [0.1, 0.15) is 11.5 Å². The van der Waals surface area contributed by atoms with Crippen LogP contribution in [0.4, 0.5) is 4.39 Å². The van der Waals surface area contributed by atoms with E-state index >= 15 is 0 Å². The summed E-state index contributed by atoms with van der Waals surface area (Å²) in [5.74, 6) is -0.233. The minimum absolute atomic E-state index is 0.0469. The van der Waals surface area contributed by atoms with Crippen molar-refractivity contribution in [2.45, 2.75) is 19.4 Å². The zero-order valence-electron chi connectivity index (χ0n) is 9.65. The Balaban J connectivity index is 2.23. The first-order chi connectivity index (χ1) is 8.31. The predicted molar refractivity (Wildman–Crippen MR) is 62.9 cm³/mol. The van der Waals surface area contributed by atoms with E-state index in [9.17, 15) is 4.39 Å². The molecule has 5 heteroatoms. The lowest BCUT2D eigenvalue weighted by Crippen LogP contribution is -2.23. The van der Waals surface area contributed by atoms with E-state index in [0.29, 0.717) is 0 Å². The third-order valence-corrected chi connectivity index (χ3v) is 2.53. The van der Waals surface area contributed by atoms with Crippen LogP contribution >= 0.6 is 0 Å². The largest absolute Gasteiger partial charge is 0.305 e. The molecule has 0 saturated carbocycles. The summed E-state index contributed by atoms with van der Waals surface area (Å²) in [5, 5.41) is 13.8. The molecule has 0 aliphatic rings. The maximum Gasteiger partial charge on any atom is 0.123 e. The van der Waals surface area contributed by atoms with Gasteiger partial charge in [-0.2, -0.15) is 15.4 Å². The number of hydrogen-bond acceptors (Lipinski definition) is 3. The molecule has 1 aromatic heterocycles. The van der Waals surface area contributed by atoms with Gasteiger partial charge in [0.25, 0.3) is 0 Å². The van der Waals surface area contributed by atoms with Crippen LogP contribution in [-0.2, 0) is 0 Å². The first-order valence-corrected chi connectivity index (χ1v) is 5.65. The molecule has 0 aliphatic carbocycles. The van der Waals surface area contributed by atoms with Gasteiger partial charge >= 0.3 is 0 Å². The van der Waals surface area contributed by atoms with E-state index in [0.717, 1.165) is 24.2 Å². The van der Waals surface area contributed by atoms with Crippen LogP contribution in [0.2, 0.25) is 0 Å². The van der Waals surface area contributed by atoms with Gasteiger partial charge in [0, 0.05) is 0 Å². The number of benzene rings is 1. The van der Waals surface area contributed by atoms with Crippen molar-refractivity contribution in [2.24, 2.45) is 0 Å². The fourth-order valence-corrected chi connectivity index (χ4v) is 1.69. The number of rotatable bonds is 5. The topological polar surface area (TPSA) is 53.6 Å². The van der Waals surface area contributed by atoms with E-state index in [1.165, 1.54) is 12.1 Å². The summed E-state index contributed by atoms with van der Waals surface area (Å²) in [6, 6.07) is 6.38.